The lowest BCUT2D eigenvalue weighted by molar-refractivity contribution is 0.103. The lowest BCUT2D eigenvalue weighted by Crippen LogP contribution is -2.04. The van der Waals surface area contributed by atoms with Gasteiger partial charge in [0.2, 0.25) is 0 Å². The molecule has 2 aromatic carbocycles. The third-order valence-electron chi connectivity index (χ3n) is 2.53. The second kappa shape index (κ2) is 4.96. The fourth-order valence-corrected chi connectivity index (χ4v) is 1.61. The first-order valence-electron chi connectivity index (χ1n) is 5.26. The van der Waals surface area contributed by atoms with Crippen molar-refractivity contribution >= 4 is 5.78 Å². The van der Waals surface area contributed by atoms with E-state index in [1.807, 2.05) is 0 Å². The number of benzene rings is 2. The molecule has 0 amide bonds. The number of ether oxygens (including phenoxy) is 1. The third-order valence-corrected chi connectivity index (χ3v) is 2.53. The first kappa shape index (κ1) is 12.2. The van der Waals surface area contributed by atoms with E-state index in [0.717, 1.165) is 6.07 Å². The number of methoxy groups -OCH3 is 1. The van der Waals surface area contributed by atoms with Gasteiger partial charge < -0.3 is 4.74 Å². The summed E-state index contributed by atoms with van der Waals surface area (Å²) >= 11 is 0. The van der Waals surface area contributed by atoms with Gasteiger partial charge in [0.05, 0.1) is 12.7 Å². The normalized spacial score (nSPS) is 10.2. The van der Waals surface area contributed by atoms with E-state index in [0.29, 0.717) is 0 Å². The Morgan fingerprint density at radius 2 is 1.78 bits per heavy atom. The maximum absolute atomic E-state index is 13.5. The van der Waals surface area contributed by atoms with Gasteiger partial charge in [0.15, 0.2) is 17.3 Å². The van der Waals surface area contributed by atoms with Gasteiger partial charge in [-0.15, -0.1) is 0 Å². The predicted molar refractivity (Wildman–Crippen MR) is 62.8 cm³/mol. The maximum Gasteiger partial charge on any atom is 0.196 e. The lowest BCUT2D eigenvalue weighted by Gasteiger charge is -2.05. The molecule has 0 heterocycles. The molecule has 0 aromatic heterocycles. The Morgan fingerprint density at radius 1 is 1.06 bits per heavy atom. The fraction of sp³-hybridized carbons (Fsp3) is 0.0714. The minimum atomic E-state index is -0.653. The molecule has 4 heteroatoms. The molecule has 0 unspecified atom stereocenters. The van der Waals surface area contributed by atoms with Crippen LogP contribution in [0.5, 0.6) is 5.75 Å². The average molecular weight is 248 g/mol. The second-order valence-corrected chi connectivity index (χ2v) is 3.66. The molecule has 2 aromatic rings. The van der Waals surface area contributed by atoms with Crippen molar-refractivity contribution in [3.8, 4) is 5.75 Å². The number of carbonyl (C=O) groups excluding carboxylic acids is 1. The van der Waals surface area contributed by atoms with Crippen LogP contribution in [0.4, 0.5) is 8.78 Å². The Hall–Kier alpha value is -2.23. The van der Waals surface area contributed by atoms with E-state index in [4.69, 9.17) is 4.74 Å². The summed E-state index contributed by atoms with van der Waals surface area (Å²) in [5.74, 6) is -1.80. The van der Waals surface area contributed by atoms with Gasteiger partial charge >= 0.3 is 0 Å². The molecule has 0 saturated carbocycles. The number of hydrogen-bond donors (Lipinski definition) is 0. The molecule has 0 aliphatic heterocycles. The summed E-state index contributed by atoms with van der Waals surface area (Å²) in [6, 6.07) is 9.36. The summed E-state index contributed by atoms with van der Waals surface area (Å²) in [4.78, 5) is 12.0. The summed E-state index contributed by atoms with van der Waals surface area (Å²) in [5, 5.41) is 0. The van der Waals surface area contributed by atoms with Crippen LogP contribution in [0.15, 0.2) is 42.5 Å². The van der Waals surface area contributed by atoms with Gasteiger partial charge in [0, 0.05) is 5.56 Å². The van der Waals surface area contributed by atoms with Crippen molar-refractivity contribution in [3.63, 3.8) is 0 Å². The Kier molecular flexibility index (Phi) is 3.37. The monoisotopic (exact) mass is 248 g/mol. The third kappa shape index (κ3) is 2.22. The summed E-state index contributed by atoms with van der Waals surface area (Å²) in [6.45, 7) is 0. The lowest BCUT2D eigenvalue weighted by atomic mass is 10.0. The molecular formula is C14H10F2O2. The van der Waals surface area contributed by atoms with Crippen LogP contribution in [0, 0.1) is 11.6 Å². The fourth-order valence-electron chi connectivity index (χ4n) is 1.61. The van der Waals surface area contributed by atoms with Crippen molar-refractivity contribution in [2.24, 2.45) is 0 Å². The minimum Gasteiger partial charge on any atom is -0.494 e. The first-order valence-corrected chi connectivity index (χ1v) is 5.26. The van der Waals surface area contributed by atoms with E-state index >= 15 is 0 Å². The summed E-state index contributed by atoms with van der Waals surface area (Å²) in [5.41, 5.74) is 0.000432. The van der Waals surface area contributed by atoms with Crippen LogP contribution in [0.25, 0.3) is 0 Å². The van der Waals surface area contributed by atoms with Gasteiger partial charge in [-0.25, -0.2) is 8.78 Å². The van der Waals surface area contributed by atoms with Gasteiger partial charge in [0.25, 0.3) is 0 Å². The molecule has 0 aliphatic carbocycles. The van der Waals surface area contributed by atoms with Crippen molar-refractivity contribution in [2.75, 3.05) is 7.11 Å². The quantitative estimate of drug-likeness (QED) is 0.780. The highest BCUT2D eigenvalue weighted by Gasteiger charge is 2.15. The summed E-state index contributed by atoms with van der Waals surface area (Å²) in [6.07, 6.45) is 0. The van der Waals surface area contributed by atoms with E-state index in [2.05, 4.69) is 0 Å². The Labute approximate surface area is 103 Å². The second-order valence-electron chi connectivity index (χ2n) is 3.66. The van der Waals surface area contributed by atoms with E-state index in [1.54, 1.807) is 6.07 Å². The summed E-state index contributed by atoms with van der Waals surface area (Å²) in [7, 11) is 1.33. The Bertz CT molecular complexity index is 594. The largest absolute Gasteiger partial charge is 0.494 e. The van der Waals surface area contributed by atoms with E-state index < -0.39 is 17.4 Å². The van der Waals surface area contributed by atoms with Crippen LogP contribution in [-0.4, -0.2) is 12.9 Å². The molecule has 0 N–H and O–H groups in total. The van der Waals surface area contributed by atoms with Crippen LogP contribution in [0.2, 0.25) is 0 Å². The molecular weight excluding hydrogens is 238 g/mol. The van der Waals surface area contributed by atoms with Gasteiger partial charge in [-0.1, -0.05) is 12.1 Å². The van der Waals surface area contributed by atoms with Crippen LogP contribution < -0.4 is 4.74 Å². The van der Waals surface area contributed by atoms with Crippen molar-refractivity contribution in [3.05, 3.63) is 65.2 Å². The van der Waals surface area contributed by atoms with Crippen LogP contribution in [-0.2, 0) is 0 Å². The van der Waals surface area contributed by atoms with Crippen molar-refractivity contribution < 1.29 is 18.3 Å². The predicted octanol–water partition coefficient (Wildman–Crippen LogP) is 3.20. The summed E-state index contributed by atoms with van der Waals surface area (Å²) < 4.78 is 31.6. The molecule has 0 fully saturated rings. The van der Waals surface area contributed by atoms with Crippen LogP contribution in [0.3, 0.4) is 0 Å². The maximum atomic E-state index is 13.5. The molecule has 0 spiro atoms. The number of halogens is 2. The van der Waals surface area contributed by atoms with E-state index in [-0.39, 0.29) is 16.9 Å². The highest BCUT2D eigenvalue weighted by Crippen LogP contribution is 2.20. The van der Waals surface area contributed by atoms with Crippen LogP contribution >= 0.6 is 0 Å². The SMILES string of the molecule is COc1ccc(C(=O)c2ccccc2F)cc1F. The van der Waals surface area contributed by atoms with Gasteiger partial charge in [-0.05, 0) is 30.3 Å². The van der Waals surface area contributed by atoms with Gasteiger partial charge in [-0.2, -0.15) is 0 Å². The average Bonchev–Trinajstić information content (AvgIpc) is 2.38. The first-order chi connectivity index (χ1) is 8.63. The number of rotatable bonds is 3. The number of hydrogen-bond acceptors (Lipinski definition) is 2. The zero-order valence-electron chi connectivity index (χ0n) is 9.61. The van der Waals surface area contributed by atoms with E-state index in [1.165, 1.54) is 37.4 Å². The number of ketones is 1. The smallest absolute Gasteiger partial charge is 0.196 e. The zero-order valence-corrected chi connectivity index (χ0v) is 9.61. The molecule has 0 saturated heterocycles. The molecule has 0 radical (unpaired) electrons. The van der Waals surface area contributed by atoms with Gasteiger partial charge in [-0.3, -0.25) is 4.79 Å². The standard InChI is InChI=1S/C14H10F2O2/c1-18-13-7-6-9(8-12(13)16)14(17)10-4-2-3-5-11(10)15/h2-8H,1H3. The Morgan fingerprint density at radius 3 is 2.39 bits per heavy atom. The zero-order chi connectivity index (χ0) is 13.1. The van der Waals surface area contributed by atoms with E-state index in [9.17, 15) is 13.6 Å². The Balaban J connectivity index is 2.41. The van der Waals surface area contributed by atoms with Crippen molar-refractivity contribution in [2.45, 2.75) is 0 Å². The topological polar surface area (TPSA) is 26.3 Å². The molecule has 0 atom stereocenters. The van der Waals surface area contributed by atoms with Crippen molar-refractivity contribution in [1.29, 1.82) is 0 Å². The highest BCUT2D eigenvalue weighted by atomic mass is 19.1. The van der Waals surface area contributed by atoms with Gasteiger partial charge in [0.1, 0.15) is 5.82 Å². The highest BCUT2D eigenvalue weighted by molar-refractivity contribution is 6.09. The molecule has 0 aliphatic rings. The van der Waals surface area contributed by atoms with Crippen LogP contribution in [0.1, 0.15) is 15.9 Å². The molecule has 92 valence electrons. The molecule has 0 bridgehead atoms. The molecule has 2 rings (SSSR count). The van der Waals surface area contributed by atoms with Crippen molar-refractivity contribution in [1.82, 2.24) is 0 Å². The minimum absolute atomic E-state index is 0.0417. The molecule has 18 heavy (non-hydrogen) atoms. The number of carbonyl (C=O) groups is 1. The molecule has 2 nitrogen and oxygen atoms in total.